The van der Waals surface area contributed by atoms with Crippen molar-refractivity contribution in [1.29, 1.82) is 0 Å². The second kappa shape index (κ2) is 6.00. The molecule has 1 heterocycles. The fourth-order valence-corrected chi connectivity index (χ4v) is 1.82. The Morgan fingerprint density at radius 1 is 1.53 bits per heavy atom. The third-order valence-corrected chi connectivity index (χ3v) is 6.13. The maximum Gasteiger partial charge on any atom is 0.288 e. The van der Waals surface area contributed by atoms with Gasteiger partial charge in [-0.15, -0.1) is 0 Å². The zero-order valence-corrected chi connectivity index (χ0v) is 14.3. The monoisotopic (exact) mass is 564 g/mol. The first-order valence-electron chi connectivity index (χ1n) is 3.61. The second-order valence-corrected chi connectivity index (χ2v) is 8.48. The van der Waals surface area contributed by atoms with E-state index < -0.39 is 4.92 Å². The number of hydrogen-bond donors (Lipinski definition) is 0. The summed E-state index contributed by atoms with van der Waals surface area (Å²) in [5.41, 5.74) is 0.0210. The van der Waals surface area contributed by atoms with Gasteiger partial charge < -0.3 is 4.57 Å². The predicted octanol–water partition coefficient (Wildman–Crippen LogP) is 4.52. The molecule has 0 N–H and O–H groups in total. The summed E-state index contributed by atoms with van der Waals surface area (Å²) in [6, 6.07) is 1.35. The van der Waals surface area contributed by atoms with Gasteiger partial charge in [-0.2, -0.15) is 0 Å². The van der Waals surface area contributed by atoms with Crippen molar-refractivity contribution in [3.8, 4) is 0 Å². The molecule has 15 heavy (non-hydrogen) atoms. The first-order chi connectivity index (χ1) is 6.91. The summed E-state index contributed by atoms with van der Waals surface area (Å²) in [7, 11) is 0. The van der Waals surface area contributed by atoms with Gasteiger partial charge in [0.25, 0.3) is 5.69 Å². The van der Waals surface area contributed by atoms with E-state index in [1.165, 1.54) is 12.3 Å². The molecule has 0 aromatic carbocycles. The average molecular weight is 564 g/mol. The molecular weight excluding hydrogens is 560 g/mol. The minimum absolute atomic E-state index is 0.0210. The predicted molar refractivity (Wildman–Crippen MR) is 85.2 cm³/mol. The number of rotatable bonds is 3. The third kappa shape index (κ3) is 4.00. The van der Waals surface area contributed by atoms with Crippen molar-refractivity contribution in [2.24, 2.45) is 0 Å². The van der Waals surface area contributed by atoms with Gasteiger partial charge in [0.15, 0.2) is 0 Å². The van der Waals surface area contributed by atoms with E-state index in [0.717, 1.165) is 5.17 Å². The number of aromatic nitrogens is 1. The van der Waals surface area contributed by atoms with E-state index in [-0.39, 0.29) is 5.69 Å². The quantitative estimate of drug-likeness (QED) is 0.308. The molecule has 8 heteroatoms. The summed E-state index contributed by atoms with van der Waals surface area (Å²) in [5, 5.41) is 10.9. The molecule has 4 nitrogen and oxygen atoms in total. The molecular formula is C7H4ClI3N2O2. The van der Waals surface area contributed by atoms with Crippen molar-refractivity contribution in [3.05, 3.63) is 32.7 Å². The Morgan fingerprint density at radius 3 is 2.53 bits per heavy atom. The molecule has 0 saturated carbocycles. The van der Waals surface area contributed by atoms with Gasteiger partial charge in [-0.25, -0.2) is 0 Å². The van der Waals surface area contributed by atoms with Crippen LogP contribution < -0.4 is 0 Å². The molecule has 82 valence electrons. The SMILES string of the molecule is O=[N+]([O-])c1cc(Cl)n(CC(I)=C(I)I)c1. The Morgan fingerprint density at radius 2 is 2.13 bits per heavy atom. The molecule has 1 aromatic heterocycles. The minimum Gasteiger partial charge on any atom is -0.327 e. The Hall–Kier alpha value is 0.900. The summed E-state index contributed by atoms with van der Waals surface area (Å²) in [6.07, 6.45) is 1.44. The fraction of sp³-hybridized carbons (Fsp3) is 0.143. The molecule has 0 amide bonds. The lowest BCUT2D eigenvalue weighted by atomic mass is 10.6. The summed E-state index contributed by atoms with van der Waals surface area (Å²) in [5.74, 6) is 0. The number of nitrogens with zero attached hydrogens (tertiary/aromatic N) is 2. The Labute approximate surface area is 132 Å². The Balaban J connectivity index is 2.97. The average Bonchev–Trinajstić information content (AvgIpc) is 2.47. The molecule has 0 saturated heterocycles. The highest BCUT2D eigenvalue weighted by atomic mass is 127. The number of hydrogen-bond acceptors (Lipinski definition) is 2. The first-order valence-corrected chi connectivity index (χ1v) is 7.23. The van der Waals surface area contributed by atoms with Crippen LogP contribution in [-0.4, -0.2) is 9.49 Å². The lowest BCUT2D eigenvalue weighted by Gasteiger charge is -2.03. The molecule has 0 unspecified atom stereocenters. The number of halogens is 4. The minimum atomic E-state index is -0.450. The summed E-state index contributed by atoms with van der Waals surface area (Å²) in [6.45, 7) is 0.564. The second-order valence-electron chi connectivity index (χ2n) is 2.57. The van der Waals surface area contributed by atoms with E-state index in [1.54, 1.807) is 4.57 Å². The molecule has 0 aliphatic heterocycles. The highest BCUT2D eigenvalue weighted by Gasteiger charge is 2.13. The summed E-state index contributed by atoms with van der Waals surface area (Å²) >= 11 is 12.5. The maximum atomic E-state index is 10.5. The molecule has 0 aliphatic rings. The smallest absolute Gasteiger partial charge is 0.288 e. The van der Waals surface area contributed by atoms with Crippen LogP contribution in [0.3, 0.4) is 0 Å². The van der Waals surface area contributed by atoms with E-state index >= 15 is 0 Å². The van der Waals surface area contributed by atoms with Gasteiger partial charge in [-0.1, -0.05) is 11.6 Å². The highest BCUT2D eigenvalue weighted by molar-refractivity contribution is 14.2. The van der Waals surface area contributed by atoms with Gasteiger partial charge in [0.1, 0.15) is 5.15 Å². The molecule has 1 aromatic rings. The number of nitro groups is 1. The van der Waals surface area contributed by atoms with Crippen LogP contribution >= 0.6 is 79.4 Å². The normalized spacial score (nSPS) is 10.1. The van der Waals surface area contributed by atoms with Crippen LogP contribution in [0, 0.1) is 10.1 Å². The first kappa shape index (κ1) is 14.0. The van der Waals surface area contributed by atoms with Gasteiger partial charge in [-0.3, -0.25) is 10.1 Å². The van der Waals surface area contributed by atoms with E-state index in [0.29, 0.717) is 11.7 Å². The van der Waals surface area contributed by atoms with Crippen molar-refractivity contribution in [2.45, 2.75) is 6.54 Å². The lowest BCUT2D eigenvalue weighted by molar-refractivity contribution is -0.384. The van der Waals surface area contributed by atoms with Gasteiger partial charge in [0, 0.05) is 3.58 Å². The molecule has 0 radical (unpaired) electrons. The van der Waals surface area contributed by atoms with Crippen molar-refractivity contribution in [1.82, 2.24) is 4.57 Å². The van der Waals surface area contributed by atoms with Crippen molar-refractivity contribution in [3.63, 3.8) is 0 Å². The lowest BCUT2D eigenvalue weighted by Crippen LogP contribution is -1.96. The maximum absolute atomic E-state index is 10.5. The zero-order valence-electron chi connectivity index (χ0n) is 7.08. The van der Waals surface area contributed by atoms with Crippen LogP contribution in [0.2, 0.25) is 5.15 Å². The third-order valence-electron chi connectivity index (χ3n) is 1.55. The van der Waals surface area contributed by atoms with Gasteiger partial charge in [0.2, 0.25) is 0 Å². The van der Waals surface area contributed by atoms with E-state index in [9.17, 15) is 10.1 Å². The van der Waals surface area contributed by atoms with Crippen LogP contribution in [0.4, 0.5) is 5.69 Å². The van der Waals surface area contributed by atoms with Gasteiger partial charge in [-0.05, 0) is 67.8 Å². The zero-order chi connectivity index (χ0) is 11.6. The van der Waals surface area contributed by atoms with E-state index in [4.69, 9.17) is 11.6 Å². The van der Waals surface area contributed by atoms with E-state index in [2.05, 4.69) is 67.8 Å². The Kier molecular flexibility index (Phi) is 5.59. The van der Waals surface area contributed by atoms with Crippen molar-refractivity contribution >= 4 is 85.1 Å². The number of allylic oxidation sites excluding steroid dienone is 1. The van der Waals surface area contributed by atoms with Crippen LogP contribution in [0.15, 0.2) is 17.4 Å². The summed E-state index contributed by atoms with van der Waals surface area (Å²) < 4.78 is 3.87. The standard InChI is InChI=1S/C7H4ClI3N2O2/c8-6-1-4(13(14)15)2-12(6)3-5(9)7(10)11/h1-2H,3H2. The fourth-order valence-electron chi connectivity index (χ4n) is 0.894. The molecule has 0 atom stereocenters. The molecule has 0 bridgehead atoms. The van der Waals surface area contributed by atoms with Crippen molar-refractivity contribution in [2.75, 3.05) is 0 Å². The van der Waals surface area contributed by atoms with Crippen LogP contribution in [0.5, 0.6) is 0 Å². The topological polar surface area (TPSA) is 48.1 Å². The van der Waals surface area contributed by atoms with Gasteiger partial charge in [0.05, 0.1) is 25.3 Å². The van der Waals surface area contributed by atoms with Crippen LogP contribution in [0.1, 0.15) is 0 Å². The molecule has 1 rings (SSSR count). The molecule has 0 spiro atoms. The van der Waals surface area contributed by atoms with Crippen molar-refractivity contribution < 1.29 is 4.92 Å². The Bertz CT molecular complexity index is 426. The molecule has 0 fully saturated rings. The van der Waals surface area contributed by atoms with Crippen LogP contribution in [0.25, 0.3) is 0 Å². The van der Waals surface area contributed by atoms with Gasteiger partial charge >= 0.3 is 0 Å². The van der Waals surface area contributed by atoms with E-state index in [1.807, 2.05) is 0 Å². The molecule has 0 aliphatic carbocycles. The van der Waals surface area contributed by atoms with Crippen LogP contribution in [-0.2, 0) is 6.54 Å². The highest BCUT2D eigenvalue weighted by Crippen LogP contribution is 2.29. The summed E-state index contributed by atoms with van der Waals surface area (Å²) in [4.78, 5) is 10.1. The largest absolute Gasteiger partial charge is 0.327 e.